The summed E-state index contributed by atoms with van der Waals surface area (Å²) in [6.45, 7) is 3.82. The molecule has 0 radical (unpaired) electrons. The van der Waals surface area contributed by atoms with E-state index in [9.17, 15) is 4.79 Å². The Morgan fingerprint density at radius 3 is 2.86 bits per heavy atom. The van der Waals surface area contributed by atoms with Crippen LogP contribution < -0.4 is 10.9 Å². The standard InChI is InChI=1S/C16H21BrN2OS/c1-4-5-10-21-11-9-16(2,15(20)19-18-3)13-7-6-8-14(17)12-13/h6-8,12,18H,9-11H2,1-3H3,(H,19,20). The zero-order valence-corrected chi connectivity index (χ0v) is 15.0. The van der Waals surface area contributed by atoms with E-state index in [1.165, 1.54) is 0 Å². The summed E-state index contributed by atoms with van der Waals surface area (Å²) < 4.78 is 0.980. The quantitative estimate of drug-likeness (QED) is 0.441. The van der Waals surface area contributed by atoms with Gasteiger partial charge in [0.25, 0.3) is 0 Å². The van der Waals surface area contributed by atoms with E-state index < -0.39 is 5.41 Å². The smallest absolute Gasteiger partial charge is 0.244 e. The van der Waals surface area contributed by atoms with Gasteiger partial charge in [-0.3, -0.25) is 10.2 Å². The number of amides is 1. The SMILES string of the molecule is CC#CCSCCC(C)(C(=O)NNC)c1cccc(Br)c1. The molecule has 114 valence electrons. The van der Waals surface area contributed by atoms with Crippen molar-refractivity contribution in [1.82, 2.24) is 10.9 Å². The van der Waals surface area contributed by atoms with Crippen molar-refractivity contribution < 1.29 is 4.79 Å². The zero-order valence-electron chi connectivity index (χ0n) is 12.6. The first-order valence-corrected chi connectivity index (χ1v) is 8.70. The fourth-order valence-electron chi connectivity index (χ4n) is 1.94. The number of halogens is 1. The minimum atomic E-state index is -0.570. The van der Waals surface area contributed by atoms with Crippen molar-refractivity contribution in [3.63, 3.8) is 0 Å². The van der Waals surface area contributed by atoms with Gasteiger partial charge in [0.2, 0.25) is 5.91 Å². The summed E-state index contributed by atoms with van der Waals surface area (Å²) in [4.78, 5) is 12.5. The van der Waals surface area contributed by atoms with Crippen molar-refractivity contribution in [2.75, 3.05) is 18.6 Å². The third-order valence-electron chi connectivity index (χ3n) is 3.30. The molecule has 0 saturated carbocycles. The lowest BCUT2D eigenvalue weighted by atomic mass is 9.79. The molecule has 0 fully saturated rings. The predicted octanol–water partition coefficient (Wildman–Crippen LogP) is 3.10. The van der Waals surface area contributed by atoms with E-state index in [1.807, 2.05) is 38.1 Å². The van der Waals surface area contributed by atoms with Crippen molar-refractivity contribution >= 4 is 33.6 Å². The fraction of sp³-hybridized carbons (Fsp3) is 0.438. The molecule has 0 saturated heterocycles. The number of benzene rings is 1. The first-order chi connectivity index (χ1) is 10.0. The van der Waals surface area contributed by atoms with Crippen LogP contribution in [-0.2, 0) is 10.2 Å². The van der Waals surface area contributed by atoms with Crippen molar-refractivity contribution in [1.29, 1.82) is 0 Å². The van der Waals surface area contributed by atoms with E-state index in [4.69, 9.17) is 0 Å². The van der Waals surface area contributed by atoms with Crippen LogP contribution in [0.4, 0.5) is 0 Å². The second-order valence-electron chi connectivity index (χ2n) is 4.78. The van der Waals surface area contributed by atoms with E-state index in [-0.39, 0.29) is 5.91 Å². The van der Waals surface area contributed by atoms with Gasteiger partial charge in [0.05, 0.1) is 11.2 Å². The Labute approximate surface area is 139 Å². The Hall–Kier alpha value is -0.960. The van der Waals surface area contributed by atoms with Gasteiger partial charge >= 0.3 is 0 Å². The number of hydrogen-bond donors (Lipinski definition) is 2. The number of hydrogen-bond acceptors (Lipinski definition) is 3. The molecule has 0 aliphatic heterocycles. The minimum absolute atomic E-state index is 0.0229. The van der Waals surface area contributed by atoms with Gasteiger partial charge in [-0.1, -0.05) is 34.0 Å². The predicted molar refractivity (Wildman–Crippen MR) is 94.1 cm³/mol. The van der Waals surface area contributed by atoms with Crippen molar-refractivity contribution in [2.24, 2.45) is 0 Å². The number of carbonyl (C=O) groups excluding carboxylic acids is 1. The highest BCUT2D eigenvalue weighted by Gasteiger charge is 2.34. The molecule has 1 rings (SSSR count). The van der Waals surface area contributed by atoms with Crippen LogP contribution in [0.5, 0.6) is 0 Å². The highest BCUT2D eigenvalue weighted by molar-refractivity contribution is 9.10. The Kier molecular flexibility index (Phi) is 7.87. The number of rotatable bonds is 7. The van der Waals surface area contributed by atoms with E-state index in [2.05, 4.69) is 38.6 Å². The monoisotopic (exact) mass is 368 g/mol. The van der Waals surface area contributed by atoms with Crippen LogP contribution >= 0.6 is 27.7 Å². The van der Waals surface area contributed by atoms with Gasteiger partial charge in [0.15, 0.2) is 0 Å². The molecule has 1 amide bonds. The van der Waals surface area contributed by atoms with Gasteiger partial charge < -0.3 is 0 Å². The maximum Gasteiger partial charge on any atom is 0.244 e. The topological polar surface area (TPSA) is 41.1 Å². The Morgan fingerprint density at radius 2 is 2.24 bits per heavy atom. The molecule has 3 nitrogen and oxygen atoms in total. The van der Waals surface area contributed by atoms with Crippen LogP contribution in [-0.4, -0.2) is 24.5 Å². The number of thioether (sulfide) groups is 1. The second kappa shape index (κ2) is 9.14. The van der Waals surface area contributed by atoms with Gasteiger partial charge in [0.1, 0.15) is 0 Å². The molecular formula is C16H21BrN2OS. The van der Waals surface area contributed by atoms with Gasteiger partial charge in [-0.2, -0.15) is 0 Å². The Bertz CT molecular complexity index is 539. The number of hydrazine groups is 1. The molecule has 21 heavy (non-hydrogen) atoms. The number of carbonyl (C=O) groups is 1. The highest BCUT2D eigenvalue weighted by atomic mass is 79.9. The molecular weight excluding hydrogens is 348 g/mol. The lowest BCUT2D eigenvalue weighted by Gasteiger charge is -2.28. The number of nitrogens with one attached hydrogen (secondary N) is 2. The second-order valence-corrected chi connectivity index (χ2v) is 6.80. The van der Waals surface area contributed by atoms with Gasteiger partial charge in [0, 0.05) is 11.5 Å². The normalized spacial score (nSPS) is 13.0. The van der Waals surface area contributed by atoms with Crippen LogP contribution in [0.2, 0.25) is 0 Å². The third kappa shape index (κ3) is 5.39. The third-order valence-corrected chi connectivity index (χ3v) is 4.63. The van der Waals surface area contributed by atoms with Crippen LogP contribution in [0.15, 0.2) is 28.7 Å². The Morgan fingerprint density at radius 1 is 1.48 bits per heavy atom. The molecule has 0 bridgehead atoms. The first-order valence-electron chi connectivity index (χ1n) is 6.75. The van der Waals surface area contributed by atoms with Crippen molar-refractivity contribution in [3.05, 3.63) is 34.3 Å². The maximum atomic E-state index is 12.5. The molecule has 0 spiro atoms. The summed E-state index contributed by atoms with van der Waals surface area (Å²) in [6.07, 6.45) is 0.757. The molecule has 5 heteroatoms. The summed E-state index contributed by atoms with van der Waals surface area (Å²) in [6, 6.07) is 7.92. The van der Waals surface area contributed by atoms with Crippen LogP contribution in [0.1, 0.15) is 25.8 Å². The van der Waals surface area contributed by atoms with E-state index in [0.29, 0.717) is 0 Å². The Balaban J connectivity index is 2.88. The largest absolute Gasteiger partial charge is 0.291 e. The molecule has 0 aliphatic rings. The van der Waals surface area contributed by atoms with Crippen LogP contribution in [0.3, 0.4) is 0 Å². The van der Waals surface area contributed by atoms with Gasteiger partial charge in [-0.25, -0.2) is 5.43 Å². The first kappa shape index (κ1) is 18.1. The summed E-state index contributed by atoms with van der Waals surface area (Å²) in [5.41, 5.74) is 5.88. The van der Waals surface area contributed by atoms with Gasteiger partial charge in [-0.05, 0) is 43.7 Å². The average molecular weight is 369 g/mol. The maximum absolute atomic E-state index is 12.5. The van der Waals surface area contributed by atoms with Crippen LogP contribution in [0, 0.1) is 11.8 Å². The van der Waals surface area contributed by atoms with E-state index >= 15 is 0 Å². The molecule has 1 aromatic rings. The zero-order chi connectivity index (χ0) is 15.7. The fourth-order valence-corrected chi connectivity index (χ4v) is 3.29. The molecule has 1 unspecified atom stereocenters. The lowest BCUT2D eigenvalue weighted by molar-refractivity contribution is -0.127. The summed E-state index contributed by atoms with van der Waals surface area (Å²) in [7, 11) is 1.70. The molecule has 1 aromatic carbocycles. The molecule has 1 atom stereocenters. The average Bonchev–Trinajstić information content (AvgIpc) is 2.47. The minimum Gasteiger partial charge on any atom is -0.291 e. The molecule has 0 aromatic heterocycles. The summed E-state index contributed by atoms with van der Waals surface area (Å²) in [5, 5.41) is 0. The van der Waals surface area contributed by atoms with Crippen LogP contribution in [0.25, 0.3) is 0 Å². The summed E-state index contributed by atoms with van der Waals surface area (Å²) in [5.74, 6) is 7.58. The molecule has 0 heterocycles. The lowest BCUT2D eigenvalue weighted by Crippen LogP contribution is -2.47. The summed E-state index contributed by atoms with van der Waals surface area (Å²) >= 11 is 5.23. The van der Waals surface area contributed by atoms with E-state index in [1.54, 1.807) is 18.8 Å². The van der Waals surface area contributed by atoms with Gasteiger partial charge in [-0.15, -0.1) is 17.7 Å². The molecule has 2 N–H and O–H groups in total. The van der Waals surface area contributed by atoms with Crippen molar-refractivity contribution in [3.8, 4) is 11.8 Å². The molecule has 0 aliphatic carbocycles. The van der Waals surface area contributed by atoms with Crippen molar-refractivity contribution in [2.45, 2.75) is 25.7 Å². The highest BCUT2D eigenvalue weighted by Crippen LogP contribution is 2.31. The van der Waals surface area contributed by atoms with E-state index in [0.717, 1.165) is 28.0 Å².